The molecule has 0 aliphatic heterocycles. The number of carbonyl (C=O) groups is 1. The highest BCUT2D eigenvalue weighted by Crippen LogP contribution is 2.19. The summed E-state index contributed by atoms with van der Waals surface area (Å²) in [5, 5.41) is 8.21. The van der Waals surface area contributed by atoms with Crippen LogP contribution in [0.1, 0.15) is 62.5 Å². The first kappa shape index (κ1) is 23.8. The smallest absolute Gasteiger partial charge is 0.269 e. The summed E-state index contributed by atoms with van der Waals surface area (Å²) < 4.78 is 3.63. The predicted molar refractivity (Wildman–Crippen MR) is 113 cm³/mol. The molecule has 0 radical (unpaired) electrons. The van der Waals surface area contributed by atoms with Crippen molar-refractivity contribution in [1.82, 2.24) is 29.4 Å². The van der Waals surface area contributed by atoms with Crippen LogP contribution < -0.4 is 5.73 Å². The Kier molecular flexibility index (Phi) is 8.84. The molecule has 2 N–H and O–H groups in total. The number of carbonyl (C=O) groups excluding carboxylic acids is 1. The van der Waals surface area contributed by atoms with Crippen molar-refractivity contribution in [3.05, 3.63) is 35.4 Å². The van der Waals surface area contributed by atoms with Gasteiger partial charge in [0, 0.05) is 45.0 Å². The third-order valence-corrected chi connectivity index (χ3v) is 5.23. The van der Waals surface area contributed by atoms with E-state index in [2.05, 4.69) is 67.7 Å². The third-order valence-electron chi connectivity index (χ3n) is 5.23. The SMILES string of the molecule is CC(C)N(C)C(C)c1ccnn1C.CC(C)N(C)Cc1cc(C(N)=O)nn1C. The van der Waals surface area contributed by atoms with Gasteiger partial charge in [-0.05, 0) is 60.8 Å². The van der Waals surface area contributed by atoms with Crippen molar-refractivity contribution in [3.8, 4) is 0 Å². The minimum Gasteiger partial charge on any atom is -0.364 e. The monoisotopic (exact) mass is 391 g/mol. The van der Waals surface area contributed by atoms with Gasteiger partial charge in [-0.1, -0.05) is 0 Å². The molecule has 158 valence electrons. The van der Waals surface area contributed by atoms with Gasteiger partial charge in [-0.3, -0.25) is 24.0 Å². The van der Waals surface area contributed by atoms with Crippen molar-refractivity contribution in [1.29, 1.82) is 0 Å². The number of hydrogen-bond donors (Lipinski definition) is 1. The van der Waals surface area contributed by atoms with E-state index in [1.54, 1.807) is 10.7 Å². The molecule has 1 unspecified atom stereocenters. The maximum Gasteiger partial charge on any atom is 0.269 e. The Hall–Kier alpha value is -2.19. The minimum absolute atomic E-state index is 0.324. The van der Waals surface area contributed by atoms with Crippen molar-refractivity contribution in [2.75, 3.05) is 14.1 Å². The second-order valence-corrected chi connectivity index (χ2v) is 7.83. The number of rotatable bonds is 7. The number of nitrogens with zero attached hydrogens (tertiary/aromatic N) is 6. The zero-order chi connectivity index (χ0) is 21.6. The van der Waals surface area contributed by atoms with Crippen LogP contribution in [0.25, 0.3) is 0 Å². The molecule has 1 amide bonds. The summed E-state index contributed by atoms with van der Waals surface area (Å²) in [4.78, 5) is 15.4. The van der Waals surface area contributed by atoms with Gasteiger partial charge in [-0.15, -0.1) is 0 Å². The molecule has 2 aromatic rings. The zero-order valence-corrected chi connectivity index (χ0v) is 18.8. The average Bonchev–Trinajstić information content (AvgIpc) is 3.20. The lowest BCUT2D eigenvalue weighted by Crippen LogP contribution is -2.30. The van der Waals surface area contributed by atoms with Gasteiger partial charge in [0.2, 0.25) is 0 Å². The van der Waals surface area contributed by atoms with Crippen molar-refractivity contribution in [3.63, 3.8) is 0 Å². The molecular formula is C20H37N7O. The summed E-state index contributed by atoms with van der Waals surface area (Å²) in [6.45, 7) is 11.6. The van der Waals surface area contributed by atoms with Gasteiger partial charge < -0.3 is 5.73 Å². The van der Waals surface area contributed by atoms with Gasteiger partial charge in [-0.2, -0.15) is 10.2 Å². The van der Waals surface area contributed by atoms with Gasteiger partial charge in [0.25, 0.3) is 5.91 Å². The third kappa shape index (κ3) is 6.45. The molecule has 28 heavy (non-hydrogen) atoms. The summed E-state index contributed by atoms with van der Waals surface area (Å²) in [6, 6.07) is 5.25. The number of aromatic nitrogens is 4. The first-order valence-electron chi connectivity index (χ1n) is 9.68. The first-order chi connectivity index (χ1) is 13.0. The van der Waals surface area contributed by atoms with Gasteiger partial charge in [0.1, 0.15) is 5.69 Å². The molecule has 0 bridgehead atoms. The Morgan fingerprint density at radius 1 is 1.11 bits per heavy atom. The Labute approximate surface area is 169 Å². The molecule has 2 aromatic heterocycles. The van der Waals surface area contributed by atoms with Crippen LogP contribution in [0.2, 0.25) is 0 Å². The van der Waals surface area contributed by atoms with E-state index in [9.17, 15) is 4.79 Å². The van der Waals surface area contributed by atoms with Crippen LogP contribution in [0.15, 0.2) is 18.3 Å². The molecule has 0 aliphatic rings. The quantitative estimate of drug-likeness (QED) is 0.782. The summed E-state index contributed by atoms with van der Waals surface area (Å²) >= 11 is 0. The Balaban J connectivity index is 0.000000283. The molecular weight excluding hydrogens is 354 g/mol. The van der Waals surface area contributed by atoms with Gasteiger partial charge >= 0.3 is 0 Å². The lowest BCUT2D eigenvalue weighted by molar-refractivity contribution is 0.0995. The van der Waals surface area contributed by atoms with E-state index in [4.69, 9.17) is 5.73 Å². The molecule has 0 saturated heterocycles. The number of amides is 1. The molecule has 0 aliphatic carbocycles. The summed E-state index contributed by atoms with van der Waals surface area (Å²) in [5.74, 6) is -0.482. The Morgan fingerprint density at radius 3 is 2.11 bits per heavy atom. The topological polar surface area (TPSA) is 85.2 Å². The molecule has 1 atom stereocenters. The Morgan fingerprint density at radius 2 is 1.71 bits per heavy atom. The minimum atomic E-state index is -0.482. The van der Waals surface area contributed by atoms with E-state index in [1.807, 2.05) is 32.0 Å². The van der Waals surface area contributed by atoms with Crippen LogP contribution in [0.3, 0.4) is 0 Å². The van der Waals surface area contributed by atoms with Crippen molar-refractivity contribution < 1.29 is 4.79 Å². The van der Waals surface area contributed by atoms with Crippen molar-refractivity contribution >= 4 is 5.91 Å². The van der Waals surface area contributed by atoms with Crippen molar-refractivity contribution in [2.24, 2.45) is 19.8 Å². The largest absolute Gasteiger partial charge is 0.364 e. The number of nitrogens with two attached hydrogens (primary N) is 1. The molecule has 0 spiro atoms. The lowest BCUT2D eigenvalue weighted by Gasteiger charge is -2.28. The van der Waals surface area contributed by atoms with Crippen LogP contribution in [-0.2, 0) is 20.6 Å². The predicted octanol–water partition coefficient (Wildman–Crippen LogP) is 2.18. The molecule has 2 heterocycles. The molecule has 0 saturated carbocycles. The van der Waals surface area contributed by atoms with E-state index in [0.717, 1.165) is 12.2 Å². The molecule has 0 fully saturated rings. The maximum atomic E-state index is 10.9. The van der Waals surface area contributed by atoms with E-state index in [0.29, 0.717) is 23.8 Å². The van der Waals surface area contributed by atoms with Crippen LogP contribution >= 0.6 is 0 Å². The van der Waals surface area contributed by atoms with Gasteiger partial charge in [-0.25, -0.2) is 0 Å². The Bertz CT molecular complexity index is 748. The average molecular weight is 392 g/mol. The highest BCUT2D eigenvalue weighted by molar-refractivity contribution is 5.90. The second kappa shape index (κ2) is 10.4. The number of aryl methyl sites for hydroxylation is 2. The summed E-state index contributed by atoms with van der Waals surface area (Å²) in [6.07, 6.45) is 1.85. The molecule has 8 nitrogen and oxygen atoms in total. The van der Waals surface area contributed by atoms with E-state index in [1.165, 1.54) is 5.69 Å². The van der Waals surface area contributed by atoms with E-state index >= 15 is 0 Å². The highest BCUT2D eigenvalue weighted by atomic mass is 16.1. The highest BCUT2D eigenvalue weighted by Gasteiger charge is 2.16. The normalized spacial score (nSPS) is 12.6. The lowest BCUT2D eigenvalue weighted by atomic mass is 10.2. The summed E-state index contributed by atoms with van der Waals surface area (Å²) in [5.41, 5.74) is 7.73. The second-order valence-electron chi connectivity index (χ2n) is 7.83. The summed E-state index contributed by atoms with van der Waals surface area (Å²) in [7, 11) is 7.97. The van der Waals surface area contributed by atoms with Crippen LogP contribution in [-0.4, -0.2) is 61.4 Å². The fourth-order valence-electron chi connectivity index (χ4n) is 2.66. The fourth-order valence-corrected chi connectivity index (χ4v) is 2.66. The first-order valence-corrected chi connectivity index (χ1v) is 9.68. The zero-order valence-electron chi connectivity index (χ0n) is 18.8. The molecule has 0 aromatic carbocycles. The van der Waals surface area contributed by atoms with Gasteiger partial charge in [0.05, 0.1) is 11.4 Å². The van der Waals surface area contributed by atoms with E-state index < -0.39 is 5.91 Å². The number of hydrogen-bond acceptors (Lipinski definition) is 5. The molecule has 8 heteroatoms. The standard InChI is InChI=1S/C10H18N4O.C10H19N3/c1-7(2)13(3)6-8-5-9(10(11)15)12-14(8)4;1-8(2)12(4)9(3)10-6-7-11-13(10)5/h5,7H,6H2,1-4H3,(H2,11,15);6-9H,1-5H3. The van der Waals surface area contributed by atoms with Crippen LogP contribution in [0.4, 0.5) is 0 Å². The van der Waals surface area contributed by atoms with Gasteiger partial charge in [0.15, 0.2) is 0 Å². The van der Waals surface area contributed by atoms with Crippen molar-refractivity contribution in [2.45, 2.75) is 59.3 Å². The molecule has 2 rings (SSSR count). The fraction of sp³-hybridized carbons (Fsp3) is 0.650. The van der Waals surface area contributed by atoms with E-state index in [-0.39, 0.29) is 0 Å². The number of primary amides is 1. The maximum absolute atomic E-state index is 10.9. The van der Waals surface area contributed by atoms with Crippen LogP contribution in [0, 0.1) is 0 Å². The van der Waals surface area contributed by atoms with Crippen LogP contribution in [0.5, 0.6) is 0 Å².